The molecule has 4 nitrogen and oxygen atoms in total. The molecule has 2 atom stereocenters. The minimum absolute atomic E-state index is 0.0165. The lowest BCUT2D eigenvalue weighted by atomic mass is 10.1. The van der Waals surface area contributed by atoms with E-state index in [-0.39, 0.29) is 23.0 Å². The molecule has 0 saturated heterocycles. The van der Waals surface area contributed by atoms with Crippen LogP contribution < -0.4 is 0 Å². The van der Waals surface area contributed by atoms with Crippen molar-refractivity contribution in [2.75, 3.05) is 26.0 Å². The maximum atomic E-state index is 12.4. The predicted molar refractivity (Wildman–Crippen MR) is 103 cm³/mol. The van der Waals surface area contributed by atoms with Crippen LogP contribution in [0.5, 0.6) is 0 Å². The van der Waals surface area contributed by atoms with E-state index in [4.69, 9.17) is 17.0 Å². The molecule has 0 rings (SSSR count). The zero-order chi connectivity index (χ0) is 17.1. The van der Waals surface area contributed by atoms with Crippen LogP contribution in [0, 0.1) is 5.92 Å². The van der Waals surface area contributed by atoms with Crippen molar-refractivity contribution in [3.63, 3.8) is 0 Å². The number of thioether (sulfide) groups is 1. The quantitative estimate of drug-likeness (QED) is 0.340. The Morgan fingerprint density at radius 1 is 1.27 bits per heavy atom. The van der Waals surface area contributed by atoms with Crippen LogP contribution in [0.15, 0.2) is 0 Å². The van der Waals surface area contributed by atoms with Crippen LogP contribution in [0.3, 0.4) is 0 Å². The molecule has 0 saturated carbocycles. The van der Waals surface area contributed by atoms with Crippen molar-refractivity contribution in [3.05, 3.63) is 0 Å². The average molecular weight is 384 g/mol. The second-order valence-corrected chi connectivity index (χ2v) is 9.71. The predicted octanol–water partition coefficient (Wildman–Crippen LogP) is 3.84. The Morgan fingerprint density at radius 3 is 2.41 bits per heavy atom. The number of nitrogens with zero attached hydrogens (tertiary/aromatic N) is 1. The van der Waals surface area contributed by atoms with Gasteiger partial charge in [0.05, 0.1) is 17.8 Å². The summed E-state index contributed by atoms with van der Waals surface area (Å²) in [6.07, 6.45) is 0.652. The molecule has 0 aromatic carbocycles. The molecule has 0 aliphatic heterocycles. The van der Waals surface area contributed by atoms with Crippen molar-refractivity contribution in [3.8, 4) is 0 Å². The summed E-state index contributed by atoms with van der Waals surface area (Å²) in [4.78, 5) is 25.8. The summed E-state index contributed by atoms with van der Waals surface area (Å²) in [7, 11) is 4.92. The van der Waals surface area contributed by atoms with Crippen LogP contribution in [0.1, 0.15) is 34.1 Å². The minimum atomic E-state index is -0.275. The van der Waals surface area contributed by atoms with Crippen LogP contribution in [0.4, 0.5) is 0 Å². The molecule has 0 aromatic rings. The smallest absolute Gasteiger partial charge is 0.310 e. The van der Waals surface area contributed by atoms with Crippen LogP contribution in [-0.4, -0.2) is 51.5 Å². The Hall–Kier alpha value is 0.0800. The van der Waals surface area contributed by atoms with Crippen molar-refractivity contribution in [1.29, 1.82) is 0 Å². The van der Waals surface area contributed by atoms with E-state index >= 15 is 0 Å². The van der Waals surface area contributed by atoms with Crippen molar-refractivity contribution in [2.45, 2.75) is 39.4 Å². The molecule has 0 bridgehead atoms. The van der Waals surface area contributed by atoms with Crippen LogP contribution >= 0.6 is 45.6 Å². The lowest BCUT2D eigenvalue weighted by Gasteiger charge is -2.24. The first-order valence-corrected chi connectivity index (χ1v) is 10.9. The van der Waals surface area contributed by atoms with E-state index < -0.39 is 0 Å². The van der Waals surface area contributed by atoms with Crippen LogP contribution in [0.25, 0.3) is 0 Å². The van der Waals surface area contributed by atoms with E-state index in [0.717, 1.165) is 9.28 Å². The molecule has 128 valence electrons. The summed E-state index contributed by atoms with van der Waals surface area (Å²) >= 11 is 6.64. The second-order valence-electron chi connectivity index (χ2n) is 4.58. The zero-order valence-electron chi connectivity index (χ0n) is 13.8. The lowest BCUT2D eigenvalue weighted by Crippen LogP contribution is -2.39. The van der Waals surface area contributed by atoms with Crippen molar-refractivity contribution in [1.82, 2.24) is 4.90 Å². The number of thiocarbonyl (C=S) groups is 1. The highest BCUT2D eigenvalue weighted by Gasteiger charge is 2.25. The van der Waals surface area contributed by atoms with Gasteiger partial charge in [0.1, 0.15) is 3.53 Å². The number of carbonyl (C=O) groups is 2. The fraction of sp³-hybridized carbons (Fsp3) is 0.786. The molecule has 2 unspecified atom stereocenters. The second kappa shape index (κ2) is 12.5. The molecule has 1 amide bonds. The van der Waals surface area contributed by atoms with Gasteiger partial charge in [0.15, 0.2) is 0 Å². The largest absolute Gasteiger partial charge is 0.466 e. The van der Waals surface area contributed by atoms with Gasteiger partial charge in [0, 0.05) is 19.3 Å². The summed E-state index contributed by atoms with van der Waals surface area (Å²) in [5.41, 5.74) is 0. The molecule has 0 fully saturated rings. The lowest BCUT2D eigenvalue weighted by molar-refractivity contribution is -0.149. The third kappa shape index (κ3) is 8.64. The van der Waals surface area contributed by atoms with Gasteiger partial charge >= 0.3 is 5.97 Å². The van der Waals surface area contributed by atoms with E-state index in [9.17, 15) is 9.59 Å². The molecule has 0 N–H and O–H groups in total. The number of carbonyl (C=O) groups excluding carboxylic acids is 2. The van der Waals surface area contributed by atoms with E-state index in [2.05, 4.69) is 6.92 Å². The highest BCUT2D eigenvalue weighted by atomic mass is 33.1. The van der Waals surface area contributed by atoms with Gasteiger partial charge in [-0.05, 0) is 31.1 Å². The zero-order valence-corrected chi connectivity index (χ0v) is 17.1. The normalized spacial score (nSPS) is 13.3. The molecule has 0 aromatic heterocycles. The number of rotatable bonds is 9. The third-order valence-electron chi connectivity index (χ3n) is 2.85. The molecule has 0 spiro atoms. The Balaban J connectivity index is 4.44. The number of hydrogen-bond acceptors (Lipinski definition) is 7. The van der Waals surface area contributed by atoms with E-state index in [1.807, 2.05) is 13.8 Å². The van der Waals surface area contributed by atoms with Crippen molar-refractivity contribution >= 4 is 61.0 Å². The first-order valence-electron chi connectivity index (χ1n) is 7.28. The summed E-state index contributed by atoms with van der Waals surface area (Å²) in [6.45, 7) is 8.35. The number of amides is 1. The van der Waals surface area contributed by atoms with E-state index in [1.54, 1.807) is 29.7 Å². The Kier molecular flexibility index (Phi) is 12.5. The molecule has 0 aliphatic rings. The third-order valence-corrected chi connectivity index (χ3v) is 7.36. The summed E-state index contributed by atoms with van der Waals surface area (Å²) < 4.78 is 5.80. The first-order chi connectivity index (χ1) is 10.4. The summed E-state index contributed by atoms with van der Waals surface area (Å²) in [5, 5.41) is -0.248. The average Bonchev–Trinajstić information content (AvgIpc) is 2.49. The van der Waals surface area contributed by atoms with Crippen LogP contribution in [-0.2, 0) is 14.3 Å². The maximum absolute atomic E-state index is 12.4. The van der Waals surface area contributed by atoms with E-state index in [0.29, 0.717) is 19.6 Å². The SMILES string of the molecule is CCOC(=O)C(CC)CN(C)C(=O)C(C)SC(=S)SSCC. The fourth-order valence-corrected chi connectivity index (χ4v) is 5.35. The van der Waals surface area contributed by atoms with Gasteiger partial charge in [-0.2, -0.15) is 0 Å². The monoisotopic (exact) mass is 383 g/mol. The number of ether oxygens (including phenoxy) is 1. The topological polar surface area (TPSA) is 46.6 Å². The van der Waals surface area contributed by atoms with Gasteiger partial charge in [-0.15, -0.1) is 0 Å². The summed E-state index contributed by atoms with van der Waals surface area (Å²) in [5.74, 6) is 0.446. The summed E-state index contributed by atoms with van der Waals surface area (Å²) in [6, 6.07) is 0. The molecular formula is C14H25NO3S4. The van der Waals surface area contributed by atoms with Crippen LogP contribution in [0.2, 0.25) is 0 Å². The van der Waals surface area contributed by atoms with Gasteiger partial charge in [-0.25, -0.2) is 0 Å². The molecule has 0 aliphatic carbocycles. The van der Waals surface area contributed by atoms with Gasteiger partial charge in [-0.1, -0.05) is 48.6 Å². The van der Waals surface area contributed by atoms with Gasteiger partial charge in [-0.3, -0.25) is 9.59 Å². The number of esters is 1. The fourth-order valence-electron chi connectivity index (χ4n) is 1.68. The first kappa shape index (κ1) is 22.1. The molecule has 0 heterocycles. The van der Waals surface area contributed by atoms with Gasteiger partial charge in [0.2, 0.25) is 5.91 Å². The Labute approximate surface area is 151 Å². The van der Waals surface area contributed by atoms with Crippen molar-refractivity contribution < 1.29 is 14.3 Å². The maximum Gasteiger partial charge on any atom is 0.310 e. The minimum Gasteiger partial charge on any atom is -0.466 e. The number of hydrogen-bond donors (Lipinski definition) is 0. The molecule has 0 radical (unpaired) electrons. The van der Waals surface area contributed by atoms with Gasteiger partial charge in [0.25, 0.3) is 0 Å². The standard InChI is InChI=1S/C14H25NO3S4/c1-6-11(13(17)18-7-2)9-15(5)12(16)10(4)21-14(19)22-20-8-3/h10-11H,6-9H2,1-5H3. The highest BCUT2D eigenvalue weighted by molar-refractivity contribution is 8.88. The van der Waals surface area contributed by atoms with Crippen molar-refractivity contribution in [2.24, 2.45) is 5.92 Å². The van der Waals surface area contributed by atoms with Gasteiger partial charge < -0.3 is 9.64 Å². The molecule has 22 heavy (non-hydrogen) atoms. The van der Waals surface area contributed by atoms with E-state index in [1.165, 1.54) is 22.6 Å². The molecular weight excluding hydrogens is 358 g/mol. The highest BCUT2D eigenvalue weighted by Crippen LogP contribution is 2.31. The Morgan fingerprint density at radius 2 is 1.91 bits per heavy atom. The Bertz CT molecular complexity index is 379. The molecule has 8 heteroatoms.